The molecule has 0 amide bonds. The van der Waals surface area contributed by atoms with Crippen LogP contribution in [0.4, 0.5) is 0 Å². The fourth-order valence-corrected chi connectivity index (χ4v) is 1.61. The highest BCUT2D eigenvalue weighted by Gasteiger charge is 2.08. The first-order valence-electron chi connectivity index (χ1n) is 5.77. The summed E-state index contributed by atoms with van der Waals surface area (Å²) in [6, 6.07) is 5.60. The summed E-state index contributed by atoms with van der Waals surface area (Å²) in [5, 5.41) is 0. The summed E-state index contributed by atoms with van der Waals surface area (Å²) >= 11 is 0. The number of hydrogen-bond acceptors (Lipinski definition) is 3. The molecule has 0 aliphatic rings. The number of carbonyl (C=O) groups is 2. The first kappa shape index (κ1) is 13.4. The molecule has 0 radical (unpaired) electrons. The van der Waals surface area contributed by atoms with Gasteiger partial charge in [-0.25, -0.2) is 0 Å². The summed E-state index contributed by atoms with van der Waals surface area (Å²) in [5.41, 5.74) is 2.00. The first-order chi connectivity index (χ1) is 8.04. The summed E-state index contributed by atoms with van der Waals surface area (Å²) in [6.07, 6.45) is 1.30. The van der Waals surface area contributed by atoms with E-state index in [2.05, 4.69) is 0 Å². The molecule has 0 bridgehead atoms. The van der Waals surface area contributed by atoms with Crippen LogP contribution in [0.2, 0.25) is 0 Å². The Morgan fingerprint density at radius 2 is 2.12 bits per heavy atom. The lowest BCUT2D eigenvalue weighted by Crippen LogP contribution is -2.07. The van der Waals surface area contributed by atoms with Crippen molar-refractivity contribution in [3.63, 3.8) is 0 Å². The molecule has 1 rings (SSSR count). The minimum atomic E-state index is 0.0915. The van der Waals surface area contributed by atoms with Gasteiger partial charge < -0.3 is 4.74 Å². The second kappa shape index (κ2) is 6.18. The molecule has 1 aromatic rings. The van der Waals surface area contributed by atoms with Crippen LogP contribution in [0.25, 0.3) is 0 Å². The molecule has 3 heteroatoms. The van der Waals surface area contributed by atoms with Gasteiger partial charge in [-0.05, 0) is 30.5 Å². The summed E-state index contributed by atoms with van der Waals surface area (Å²) in [4.78, 5) is 21.7. The molecule has 0 saturated carbocycles. The Kier molecular flexibility index (Phi) is 4.88. The van der Waals surface area contributed by atoms with E-state index in [1.54, 1.807) is 6.07 Å². The van der Waals surface area contributed by atoms with Gasteiger partial charge in [0.15, 0.2) is 0 Å². The summed E-state index contributed by atoms with van der Waals surface area (Å²) in [5.74, 6) is 0.934. The van der Waals surface area contributed by atoms with Crippen molar-refractivity contribution in [1.29, 1.82) is 0 Å². The Labute approximate surface area is 102 Å². The van der Waals surface area contributed by atoms with Crippen LogP contribution >= 0.6 is 0 Å². The number of Topliss-reactive ketones (excluding diaryl/α,β-unsaturated/α-hetero) is 1. The molecule has 17 heavy (non-hydrogen) atoms. The molecule has 0 saturated heterocycles. The highest BCUT2D eigenvalue weighted by molar-refractivity contribution is 5.80. The maximum Gasteiger partial charge on any atom is 0.298 e. The van der Waals surface area contributed by atoms with Gasteiger partial charge in [-0.2, -0.15) is 0 Å². The van der Waals surface area contributed by atoms with E-state index in [4.69, 9.17) is 4.74 Å². The third-order valence-electron chi connectivity index (χ3n) is 2.72. The third-order valence-corrected chi connectivity index (χ3v) is 2.72. The Bertz CT molecular complexity index is 408. The fraction of sp³-hybridized carbons (Fsp3) is 0.429. The molecule has 0 heterocycles. The quantitative estimate of drug-likeness (QED) is 0.711. The van der Waals surface area contributed by atoms with Crippen LogP contribution in [-0.4, -0.2) is 12.3 Å². The van der Waals surface area contributed by atoms with E-state index in [0.717, 1.165) is 17.5 Å². The predicted octanol–water partition coefficient (Wildman–Crippen LogP) is 2.69. The molecule has 0 fully saturated rings. The maximum atomic E-state index is 11.5. The summed E-state index contributed by atoms with van der Waals surface area (Å²) < 4.78 is 4.81. The second-order valence-corrected chi connectivity index (χ2v) is 4.43. The van der Waals surface area contributed by atoms with Crippen LogP contribution in [0.1, 0.15) is 31.4 Å². The zero-order valence-corrected chi connectivity index (χ0v) is 10.5. The van der Waals surface area contributed by atoms with Gasteiger partial charge >= 0.3 is 0 Å². The van der Waals surface area contributed by atoms with Gasteiger partial charge in [-0.15, -0.1) is 0 Å². The van der Waals surface area contributed by atoms with Crippen LogP contribution in [-0.2, 0) is 16.0 Å². The Morgan fingerprint density at radius 1 is 1.41 bits per heavy atom. The van der Waals surface area contributed by atoms with Gasteiger partial charge in [0.1, 0.15) is 11.5 Å². The molecule has 0 atom stereocenters. The largest absolute Gasteiger partial charge is 0.428 e. The van der Waals surface area contributed by atoms with Crippen LogP contribution in [0, 0.1) is 12.8 Å². The molecule has 0 aliphatic heterocycles. The van der Waals surface area contributed by atoms with E-state index in [0.29, 0.717) is 18.6 Å². The minimum absolute atomic E-state index is 0.0915. The van der Waals surface area contributed by atoms with E-state index in [-0.39, 0.29) is 11.7 Å². The number of carbonyl (C=O) groups excluding carboxylic acids is 2. The maximum absolute atomic E-state index is 11.5. The third kappa shape index (κ3) is 4.02. The van der Waals surface area contributed by atoms with E-state index in [9.17, 15) is 9.59 Å². The van der Waals surface area contributed by atoms with Gasteiger partial charge in [0, 0.05) is 12.3 Å². The molecule has 0 N–H and O–H groups in total. The van der Waals surface area contributed by atoms with Crippen LogP contribution in [0.3, 0.4) is 0 Å². The van der Waals surface area contributed by atoms with Crippen molar-refractivity contribution in [1.82, 2.24) is 0 Å². The zero-order chi connectivity index (χ0) is 12.8. The average Bonchev–Trinajstić information content (AvgIpc) is 2.29. The molecule has 0 aliphatic carbocycles. The average molecular weight is 234 g/mol. The van der Waals surface area contributed by atoms with Gasteiger partial charge in [0.25, 0.3) is 6.47 Å². The van der Waals surface area contributed by atoms with E-state index >= 15 is 0 Å². The van der Waals surface area contributed by atoms with Crippen LogP contribution in [0.5, 0.6) is 5.75 Å². The molecular formula is C14H18O3. The molecular weight excluding hydrogens is 216 g/mol. The van der Waals surface area contributed by atoms with E-state index in [1.165, 1.54) is 0 Å². The number of ether oxygens (including phenoxy) is 1. The lowest BCUT2D eigenvalue weighted by atomic mass is 10.00. The van der Waals surface area contributed by atoms with Crippen LogP contribution < -0.4 is 4.74 Å². The number of hydrogen-bond donors (Lipinski definition) is 0. The van der Waals surface area contributed by atoms with Crippen molar-refractivity contribution in [2.75, 3.05) is 0 Å². The van der Waals surface area contributed by atoms with Crippen molar-refractivity contribution in [2.24, 2.45) is 5.92 Å². The Hall–Kier alpha value is -1.64. The van der Waals surface area contributed by atoms with E-state index < -0.39 is 0 Å². The smallest absolute Gasteiger partial charge is 0.298 e. The van der Waals surface area contributed by atoms with Crippen molar-refractivity contribution in [3.05, 3.63) is 29.3 Å². The van der Waals surface area contributed by atoms with Gasteiger partial charge in [-0.3, -0.25) is 9.59 Å². The number of benzene rings is 1. The first-order valence-corrected chi connectivity index (χ1v) is 5.77. The van der Waals surface area contributed by atoms with Crippen molar-refractivity contribution in [2.45, 2.75) is 33.6 Å². The fourth-order valence-electron chi connectivity index (χ4n) is 1.61. The highest BCUT2D eigenvalue weighted by Crippen LogP contribution is 2.19. The SMILES string of the molecule is Cc1cc(CCC(=O)C(C)C)ccc1OC=O. The minimum Gasteiger partial charge on any atom is -0.428 e. The monoisotopic (exact) mass is 234 g/mol. The number of rotatable bonds is 6. The Balaban J connectivity index is 2.64. The lowest BCUT2D eigenvalue weighted by molar-refractivity contribution is -0.122. The second-order valence-electron chi connectivity index (χ2n) is 4.43. The standard InChI is InChI=1S/C14H18O3/c1-10(2)13(16)6-4-12-5-7-14(17-9-15)11(3)8-12/h5,7-10H,4,6H2,1-3H3. The molecule has 0 unspecified atom stereocenters. The van der Waals surface area contributed by atoms with Crippen LogP contribution in [0.15, 0.2) is 18.2 Å². The summed E-state index contributed by atoms with van der Waals surface area (Å²) in [6.45, 7) is 6.13. The molecule has 1 aromatic carbocycles. The topological polar surface area (TPSA) is 43.4 Å². The number of aryl methyl sites for hydroxylation is 2. The van der Waals surface area contributed by atoms with Gasteiger partial charge in [0.05, 0.1) is 0 Å². The lowest BCUT2D eigenvalue weighted by Gasteiger charge is -2.07. The molecule has 0 aromatic heterocycles. The van der Waals surface area contributed by atoms with E-state index in [1.807, 2.05) is 32.9 Å². The number of ketones is 1. The normalized spacial score (nSPS) is 10.4. The van der Waals surface area contributed by atoms with Crippen molar-refractivity contribution >= 4 is 12.3 Å². The van der Waals surface area contributed by atoms with Gasteiger partial charge in [-0.1, -0.05) is 26.0 Å². The highest BCUT2D eigenvalue weighted by atomic mass is 16.5. The van der Waals surface area contributed by atoms with Crippen molar-refractivity contribution in [3.8, 4) is 5.75 Å². The molecule has 3 nitrogen and oxygen atoms in total. The summed E-state index contributed by atoms with van der Waals surface area (Å²) in [7, 11) is 0. The molecule has 92 valence electrons. The van der Waals surface area contributed by atoms with Crippen molar-refractivity contribution < 1.29 is 14.3 Å². The molecule has 0 spiro atoms. The zero-order valence-electron chi connectivity index (χ0n) is 10.5. The Morgan fingerprint density at radius 3 is 2.65 bits per heavy atom. The predicted molar refractivity (Wildman–Crippen MR) is 66.0 cm³/mol. The van der Waals surface area contributed by atoms with Gasteiger partial charge in [0.2, 0.25) is 0 Å².